The molecule has 0 aromatic carbocycles. The van der Waals surface area contributed by atoms with E-state index in [1.54, 1.807) is 13.8 Å². The van der Waals surface area contributed by atoms with Crippen LogP contribution in [0.3, 0.4) is 0 Å². The lowest BCUT2D eigenvalue weighted by Gasteiger charge is -2.00. The molecule has 3 aromatic rings. The van der Waals surface area contributed by atoms with Crippen molar-refractivity contribution in [1.29, 1.82) is 0 Å². The highest BCUT2D eigenvalue weighted by Crippen LogP contribution is 2.27. The molecule has 130 valence electrons. The summed E-state index contributed by atoms with van der Waals surface area (Å²) in [7, 11) is 1.31. The maximum absolute atomic E-state index is 12.5. The molecule has 9 heteroatoms. The Balaban J connectivity index is 1.70. The molecule has 0 aliphatic carbocycles. The number of hydrogen-bond acceptors (Lipinski definition) is 8. The number of aromatic nitrogens is 3. The number of hydrogen-bond donors (Lipinski definition) is 1. The summed E-state index contributed by atoms with van der Waals surface area (Å²) in [5.74, 6) is -0.0649. The third kappa shape index (κ3) is 3.52. The molecule has 3 heterocycles. The number of H-pyrrole nitrogens is 1. The van der Waals surface area contributed by atoms with Crippen molar-refractivity contribution < 1.29 is 18.7 Å². The van der Waals surface area contributed by atoms with Crippen LogP contribution in [-0.4, -0.2) is 39.8 Å². The van der Waals surface area contributed by atoms with E-state index in [1.165, 1.54) is 18.4 Å². The Morgan fingerprint density at radius 3 is 2.84 bits per heavy atom. The number of ketones is 1. The number of carbonyl (C=O) groups is 2. The van der Waals surface area contributed by atoms with Gasteiger partial charge in [-0.2, -0.15) is 0 Å². The summed E-state index contributed by atoms with van der Waals surface area (Å²) in [5.41, 5.74) is 1.98. The average molecular weight is 377 g/mol. The number of Topliss-reactive ketones (excluding diaryl/α,β-unsaturated/α-hetero) is 1. The van der Waals surface area contributed by atoms with E-state index in [-0.39, 0.29) is 11.5 Å². The largest absolute Gasteiger partial charge is 0.465 e. The van der Waals surface area contributed by atoms with Gasteiger partial charge in [-0.15, -0.1) is 21.5 Å². The van der Waals surface area contributed by atoms with E-state index >= 15 is 0 Å². The van der Waals surface area contributed by atoms with Gasteiger partial charge in [0.05, 0.1) is 29.0 Å². The number of aromatic amines is 1. The minimum absolute atomic E-state index is 0.119. The molecule has 0 spiro atoms. The third-order valence-corrected chi connectivity index (χ3v) is 5.25. The van der Waals surface area contributed by atoms with Crippen LogP contribution < -0.4 is 0 Å². The molecule has 0 unspecified atom stereocenters. The van der Waals surface area contributed by atoms with Crippen molar-refractivity contribution in [2.75, 3.05) is 12.9 Å². The number of carbonyl (C=O) groups excluding carboxylic acids is 2. The second-order valence-electron chi connectivity index (χ2n) is 5.18. The van der Waals surface area contributed by atoms with Crippen LogP contribution in [0.4, 0.5) is 0 Å². The van der Waals surface area contributed by atoms with E-state index < -0.39 is 5.97 Å². The highest BCUT2D eigenvalue weighted by Gasteiger charge is 2.23. The Morgan fingerprint density at radius 1 is 1.36 bits per heavy atom. The van der Waals surface area contributed by atoms with Crippen molar-refractivity contribution in [2.45, 2.75) is 19.1 Å². The predicted molar refractivity (Wildman–Crippen MR) is 94.3 cm³/mol. The van der Waals surface area contributed by atoms with E-state index in [0.717, 1.165) is 16.6 Å². The molecule has 0 fully saturated rings. The number of ether oxygens (including phenoxy) is 1. The molecule has 3 rings (SSSR count). The normalized spacial score (nSPS) is 10.8. The molecule has 25 heavy (non-hydrogen) atoms. The van der Waals surface area contributed by atoms with Crippen LogP contribution >= 0.6 is 23.1 Å². The molecule has 7 nitrogen and oxygen atoms in total. The Morgan fingerprint density at radius 2 is 2.16 bits per heavy atom. The smallest absolute Gasteiger partial charge is 0.339 e. The lowest BCUT2D eigenvalue weighted by atomic mass is 10.1. The van der Waals surface area contributed by atoms with Crippen molar-refractivity contribution in [2.24, 2.45) is 0 Å². The number of esters is 1. The number of rotatable bonds is 6. The van der Waals surface area contributed by atoms with Crippen molar-refractivity contribution >= 4 is 34.9 Å². The van der Waals surface area contributed by atoms with Crippen LogP contribution in [0.1, 0.15) is 32.1 Å². The molecule has 1 N–H and O–H groups in total. The summed E-state index contributed by atoms with van der Waals surface area (Å²) in [6.45, 7) is 3.45. The van der Waals surface area contributed by atoms with Gasteiger partial charge in [0.25, 0.3) is 11.1 Å². The molecule has 0 saturated carbocycles. The Kier molecular flexibility index (Phi) is 5.05. The topological polar surface area (TPSA) is 98.1 Å². The van der Waals surface area contributed by atoms with Crippen LogP contribution in [0.25, 0.3) is 10.8 Å². The standard InChI is InChI=1S/C16H15N3O4S2/c1-8-12(15(21)22-3)9(2)17-13(8)10(20)7-25-16-19-18-14(23-16)11-5-4-6-24-11/h4-6,17H,7H2,1-3H3. The second kappa shape index (κ2) is 7.24. The monoisotopic (exact) mass is 377 g/mol. The number of methoxy groups -OCH3 is 1. The molecule has 0 aliphatic rings. The van der Waals surface area contributed by atoms with Gasteiger partial charge in [-0.1, -0.05) is 17.8 Å². The van der Waals surface area contributed by atoms with Crippen LogP contribution in [0, 0.1) is 13.8 Å². The van der Waals surface area contributed by atoms with Gasteiger partial charge in [-0.25, -0.2) is 4.79 Å². The van der Waals surface area contributed by atoms with Crippen LogP contribution in [0.15, 0.2) is 27.2 Å². The molecule has 0 radical (unpaired) electrons. The van der Waals surface area contributed by atoms with Gasteiger partial charge >= 0.3 is 5.97 Å². The summed E-state index contributed by atoms with van der Waals surface area (Å²) in [6, 6.07) is 3.78. The number of thiophene rings is 1. The number of nitrogens with one attached hydrogen (secondary N) is 1. The molecule has 0 saturated heterocycles. The van der Waals surface area contributed by atoms with Gasteiger partial charge in [0.2, 0.25) is 0 Å². The fourth-order valence-corrected chi connectivity index (χ4v) is 3.68. The first-order chi connectivity index (χ1) is 12.0. The minimum Gasteiger partial charge on any atom is -0.465 e. The molecule has 0 aliphatic heterocycles. The van der Waals surface area contributed by atoms with Gasteiger partial charge in [-0.05, 0) is 30.9 Å². The lowest BCUT2D eigenvalue weighted by molar-refractivity contribution is 0.0599. The first-order valence-corrected chi connectivity index (χ1v) is 9.18. The van der Waals surface area contributed by atoms with Gasteiger partial charge in [0.1, 0.15) is 0 Å². The van der Waals surface area contributed by atoms with Gasteiger partial charge < -0.3 is 14.1 Å². The summed E-state index contributed by atoms with van der Waals surface area (Å²) < 4.78 is 10.3. The first kappa shape index (κ1) is 17.4. The van der Waals surface area contributed by atoms with E-state index in [4.69, 9.17) is 9.15 Å². The summed E-state index contributed by atoms with van der Waals surface area (Å²) in [4.78, 5) is 28.1. The SMILES string of the molecule is COC(=O)c1c(C)[nH]c(C(=O)CSc2nnc(-c3cccs3)o2)c1C. The Hall–Kier alpha value is -2.39. The van der Waals surface area contributed by atoms with Crippen molar-refractivity contribution in [1.82, 2.24) is 15.2 Å². The molecule has 0 atom stereocenters. The highest BCUT2D eigenvalue weighted by atomic mass is 32.2. The highest BCUT2D eigenvalue weighted by molar-refractivity contribution is 7.99. The fourth-order valence-electron chi connectivity index (χ4n) is 2.40. The predicted octanol–water partition coefficient (Wildman–Crippen LogP) is 3.50. The zero-order chi connectivity index (χ0) is 18.0. The molecule has 0 amide bonds. The zero-order valence-electron chi connectivity index (χ0n) is 13.8. The number of aryl methyl sites for hydroxylation is 1. The molecular weight excluding hydrogens is 362 g/mol. The maximum Gasteiger partial charge on any atom is 0.339 e. The molecule has 0 bridgehead atoms. The van der Waals surface area contributed by atoms with Crippen LogP contribution in [0.5, 0.6) is 0 Å². The Labute approximate surface area is 151 Å². The fraction of sp³-hybridized carbons (Fsp3) is 0.250. The van der Waals surface area contributed by atoms with E-state index in [0.29, 0.717) is 33.6 Å². The van der Waals surface area contributed by atoms with Gasteiger partial charge in [0.15, 0.2) is 5.78 Å². The van der Waals surface area contributed by atoms with Crippen LogP contribution in [-0.2, 0) is 4.74 Å². The van der Waals surface area contributed by atoms with E-state index in [2.05, 4.69) is 15.2 Å². The summed E-state index contributed by atoms with van der Waals surface area (Å²) in [5, 5.41) is 10.2. The maximum atomic E-state index is 12.5. The molecule has 3 aromatic heterocycles. The number of thioether (sulfide) groups is 1. The van der Waals surface area contributed by atoms with E-state index in [9.17, 15) is 9.59 Å². The van der Waals surface area contributed by atoms with E-state index in [1.807, 2.05) is 17.5 Å². The summed E-state index contributed by atoms with van der Waals surface area (Å²) >= 11 is 2.66. The Bertz CT molecular complexity index is 912. The van der Waals surface area contributed by atoms with Crippen molar-refractivity contribution in [3.8, 4) is 10.8 Å². The minimum atomic E-state index is -0.463. The first-order valence-electron chi connectivity index (χ1n) is 7.32. The summed E-state index contributed by atoms with van der Waals surface area (Å²) in [6.07, 6.45) is 0. The van der Waals surface area contributed by atoms with Gasteiger partial charge in [0, 0.05) is 5.69 Å². The number of nitrogens with zero attached hydrogens (tertiary/aromatic N) is 2. The quantitative estimate of drug-likeness (QED) is 0.399. The second-order valence-corrected chi connectivity index (χ2v) is 7.05. The zero-order valence-corrected chi connectivity index (χ0v) is 15.4. The van der Waals surface area contributed by atoms with Crippen LogP contribution in [0.2, 0.25) is 0 Å². The van der Waals surface area contributed by atoms with Gasteiger partial charge in [-0.3, -0.25) is 4.79 Å². The van der Waals surface area contributed by atoms with Crippen molar-refractivity contribution in [3.05, 3.63) is 40.0 Å². The third-order valence-electron chi connectivity index (χ3n) is 3.57. The lowest BCUT2D eigenvalue weighted by Crippen LogP contribution is -2.07. The average Bonchev–Trinajstić information content (AvgIpc) is 3.32. The van der Waals surface area contributed by atoms with Crippen molar-refractivity contribution in [3.63, 3.8) is 0 Å². The molecular formula is C16H15N3O4S2.